The molecule has 1 heterocycles. The van der Waals surface area contributed by atoms with Gasteiger partial charge in [-0.25, -0.2) is 4.79 Å². The van der Waals surface area contributed by atoms with Gasteiger partial charge >= 0.3 is 5.97 Å². The number of rotatable bonds is 2. The van der Waals surface area contributed by atoms with Crippen molar-refractivity contribution in [3.05, 3.63) is 75.6 Å². The lowest BCUT2D eigenvalue weighted by atomic mass is 10.1. The van der Waals surface area contributed by atoms with E-state index in [9.17, 15) is 9.59 Å². The summed E-state index contributed by atoms with van der Waals surface area (Å²) in [4.78, 5) is 24.3. The van der Waals surface area contributed by atoms with Gasteiger partial charge in [0.1, 0.15) is 11.3 Å². The Morgan fingerprint density at radius 2 is 1.68 bits per heavy atom. The van der Waals surface area contributed by atoms with E-state index in [1.807, 2.05) is 32.0 Å². The molecule has 4 heteroatoms. The largest absolute Gasteiger partial charge is 0.449 e. The SMILES string of the molecule is Cc1cccc(C)c1OC(=O)c1cc(=O)c2ccccc2o1. The van der Waals surface area contributed by atoms with E-state index in [1.165, 1.54) is 0 Å². The molecule has 1 aromatic heterocycles. The number of aryl methyl sites for hydroxylation is 2. The van der Waals surface area contributed by atoms with Crippen LogP contribution < -0.4 is 10.2 Å². The molecule has 0 unspecified atom stereocenters. The first-order valence-corrected chi connectivity index (χ1v) is 6.87. The fourth-order valence-electron chi connectivity index (χ4n) is 2.31. The molecule has 0 aliphatic carbocycles. The van der Waals surface area contributed by atoms with E-state index in [0.29, 0.717) is 16.7 Å². The van der Waals surface area contributed by atoms with Crippen molar-refractivity contribution in [2.24, 2.45) is 0 Å². The van der Waals surface area contributed by atoms with Gasteiger partial charge in [-0.2, -0.15) is 0 Å². The van der Waals surface area contributed by atoms with Crippen LogP contribution in [0.15, 0.2) is 57.7 Å². The summed E-state index contributed by atoms with van der Waals surface area (Å²) in [5.74, 6) is -0.296. The number of ether oxygens (including phenoxy) is 1. The van der Waals surface area contributed by atoms with Crippen molar-refractivity contribution < 1.29 is 13.9 Å². The summed E-state index contributed by atoms with van der Waals surface area (Å²) in [7, 11) is 0. The summed E-state index contributed by atoms with van der Waals surface area (Å²) in [6.45, 7) is 3.71. The van der Waals surface area contributed by atoms with Crippen molar-refractivity contribution in [1.82, 2.24) is 0 Å². The molecular weight excluding hydrogens is 280 g/mol. The van der Waals surface area contributed by atoms with Gasteiger partial charge in [0, 0.05) is 6.07 Å². The molecule has 0 aliphatic heterocycles. The highest BCUT2D eigenvalue weighted by atomic mass is 16.5. The molecule has 110 valence electrons. The Balaban J connectivity index is 2.01. The molecule has 0 saturated carbocycles. The molecule has 4 nitrogen and oxygen atoms in total. The van der Waals surface area contributed by atoms with Gasteiger partial charge in [0.05, 0.1) is 5.39 Å². The van der Waals surface area contributed by atoms with Crippen LogP contribution in [0.2, 0.25) is 0 Å². The molecule has 0 bridgehead atoms. The molecule has 0 fully saturated rings. The predicted molar refractivity (Wildman–Crippen MR) is 83.4 cm³/mol. The number of benzene rings is 2. The van der Waals surface area contributed by atoms with Gasteiger partial charge in [0.15, 0.2) is 5.43 Å². The fourth-order valence-corrected chi connectivity index (χ4v) is 2.31. The fraction of sp³-hybridized carbons (Fsp3) is 0.111. The highest BCUT2D eigenvalue weighted by Gasteiger charge is 2.16. The van der Waals surface area contributed by atoms with Crippen LogP contribution in [0, 0.1) is 13.8 Å². The van der Waals surface area contributed by atoms with Crippen molar-refractivity contribution in [1.29, 1.82) is 0 Å². The third kappa shape index (κ3) is 2.51. The molecule has 0 spiro atoms. The molecule has 0 saturated heterocycles. The average Bonchev–Trinajstić information content (AvgIpc) is 2.51. The monoisotopic (exact) mass is 294 g/mol. The van der Waals surface area contributed by atoms with Gasteiger partial charge in [-0.05, 0) is 37.1 Å². The summed E-state index contributed by atoms with van der Waals surface area (Å²) in [5.41, 5.74) is 1.78. The van der Waals surface area contributed by atoms with Crippen LogP contribution in [0.4, 0.5) is 0 Å². The highest BCUT2D eigenvalue weighted by molar-refractivity contribution is 5.90. The van der Waals surface area contributed by atoms with E-state index >= 15 is 0 Å². The van der Waals surface area contributed by atoms with Crippen molar-refractivity contribution in [3.8, 4) is 5.75 Å². The summed E-state index contributed by atoms with van der Waals surface area (Å²) < 4.78 is 10.9. The number of esters is 1. The normalized spacial score (nSPS) is 10.6. The Morgan fingerprint density at radius 1 is 1.00 bits per heavy atom. The van der Waals surface area contributed by atoms with Gasteiger partial charge in [0.2, 0.25) is 5.76 Å². The molecular formula is C18H14O4. The van der Waals surface area contributed by atoms with Crippen LogP contribution >= 0.6 is 0 Å². The van der Waals surface area contributed by atoms with Crippen molar-refractivity contribution in [2.45, 2.75) is 13.8 Å². The quantitative estimate of drug-likeness (QED) is 0.535. The van der Waals surface area contributed by atoms with Gasteiger partial charge in [-0.15, -0.1) is 0 Å². The van der Waals surface area contributed by atoms with Crippen LogP contribution in [0.3, 0.4) is 0 Å². The van der Waals surface area contributed by atoms with Gasteiger partial charge in [-0.1, -0.05) is 30.3 Å². The van der Waals surface area contributed by atoms with E-state index in [0.717, 1.165) is 17.2 Å². The summed E-state index contributed by atoms with van der Waals surface area (Å²) in [6.07, 6.45) is 0. The van der Waals surface area contributed by atoms with Crippen LogP contribution in [0.5, 0.6) is 5.75 Å². The molecule has 2 aromatic carbocycles. The van der Waals surface area contributed by atoms with Gasteiger partial charge in [-0.3, -0.25) is 4.79 Å². The maximum Gasteiger partial charge on any atom is 0.379 e. The maximum atomic E-state index is 12.3. The molecule has 0 atom stereocenters. The van der Waals surface area contributed by atoms with Crippen molar-refractivity contribution in [3.63, 3.8) is 0 Å². The lowest BCUT2D eigenvalue weighted by molar-refractivity contribution is 0.0699. The average molecular weight is 294 g/mol. The number of hydrogen-bond donors (Lipinski definition) is 0. The smallest absolute Gasteiger partial charge is 0.379 e. The standard InChI is InChI=1S/C18H14O4/c1-11-6-5-7-12(2)17(11)22-18(20)16-10-14(19)13-8-3-4-9-15(13)21-16/h3-10H,1-2H3. The Hall–Kier alpha value is -2.88. The third-order valence-electron chi connectivity index (χ3n) is 3.44. The molecule has 3 aromatic rings. The first-order valence-electron chi connectivity index (χ1n) is 6.87. The molecule has 0 amide bonds. The second-order valence-corrected chi connectivity index (χ2v) is 5.08. The number of fused-ring (bicyclic) bond motifs is 1. The zero-order valence-electron chi connectivity index (χ0n) is 12.3. The first-order chi connectivity index (χ1) is 10.6. The Kier molecular flexibility index (Phi) is 3.51. The van der Waals surface area contributed by atoms with Gasteiger partial charge in [0.25, 0.3) is 0 Å². The van der Waals surface area contributed by atoms with Gasteiger partial charge < -0.3 is 9.15 Å². The van der Waals surface area contributed by atoms with Crippen LogP contribution in [-0.2, 0) is 0 Å². The Labute approximate surface area is 127 Å². The number of para-hydroxylation sites is 2. The number of carbonyl (C=O) groups is 1. The zero-order chi connectivity index (χ0) is 15.7. The highest BCUT2D eigenvalue weighted by Crippen LogP contribution is 2.23. The molecule has 0 radical (unpaired) electrons. The number of hydrogen-bond acceptors (Lipinski definition) is 4. The molecule has 22 heavy (non-hydrogen) atoms. The minimum Gasteiger partial charge on any atom is -0.449 e. The second kappa shape index (κ2) is 5.48. The molecule has 3 rings (SSSR count). The van der Waals surface area contributed by atoms with Crippen molar-refractivity contribution >= 4 is 16.9 Å². The minimum atomic E-state index is -0.680. The lowest BCUT2D eigenvalue weighted by Gasteiger charge is -2.09. The molecule has 0 N–H and O–H groups in total. The summed E-state index contributed by atoms with van der Waals surface area (Å²) in [6, 6.07) is 13.5. The molecule has 0 aliphatic rings. The van der Waals surface area contributed by atoms with Crippen molar-refractivity contribution in [2.75, 3.05) is 0 Å². The zero-order valence-corrected chi connectivity index (χ0v) is 12.3. The predicted octanol–water partition coefficient (Wildman–Crippen LogP) is 3.63. The third-order valence-corrected chi connectivity index (χ3v) is 3.44. The summed E-state index contributed by atoms with van der Waals surface area (Å²) >= 11 is 0. The van der Waals surface area contributed by atoms with E-state index in [1.54, 1.807) is 24.3 Å². The maximum absolute atomic E-state index is 12.3. The second-order valence-electron chi connectivity index (χ2n) is 5.08. The topological polar surface area (TPSA) is 56.5 Å². The minimum absolute atomic E-state index is 0.105. The number of carbonyl (C=O) groups excluding carboxylic acids is 1. The van der Waals surface area contributed by atoms with E-state index in [4.69, 9.17) is 9.15 Å². The van der Waals surface area contributed by atoms with E-state index in [-0.39, 0.29) is 11.2 Å². The van der Waals surface area contributed by atoms with E-state index in [2.05, 4.69) is 0 Å². The van der Waals surface area contributed by atoms with E-state index < -0.39 is 5.97 Å². The first kappa shape index (κ1) is 14.1. The Bertz CT molecular complexity index is 902. The lowest BCUT2D eigenvalue weighted by Crippen LogP contribution is -2.13. The van der Waals surface area contributed by atoms with Crippen LogP contribution in [-0.4, -0.2) is 5.97 Å². The van der Waals surface area contributed by atoms with Crippen LogP contribution in [0.25, 0.3) is 11.0 Å². The summed E-state index contributed by atoms with van der Waals surface area (Å²) in [5, 5.41) is 0.436. The Morgan fingerprint density at radius 3 is 2.41 bits per heavy atom. The van der Waals surface area contributed by atoms with Crippen LogP contribution in [0.1, 0.15) is 21.7 Å².